The Morgan fingerprint density at radius 2 is 1.84 bits per heavy atom. The first-order chi connectivity index (χ1) is 14.8. The van der Waals surface area contributed by atoms with E-state index < -0.39 is 5.91 Å². The van der Waals surface area contributed by atoms with Gasteiger partial charge in [0.15, 0.2) is 5.69 Å². The summed E-state index contributed by atoms with van der Waals surface area (Å²) in [5, 5.41) is 4.36. The summed E-state index contributed by atoms with van der Waals surface area (Å²) in [7, 11) is 1.76. The van der Waals surface area contributed by atoms with E-state index in [2.05, 4.69) is 15.1 Å². The Balaban J connectivity index is 1.44. The van der Waals surface area contributed by atoms with Crippen LogP contribution in [0, 0.1) is 12.7 Å². The van der Waals surface area contributed by atoms with Gasteiger partial charge in [0.2, 0.25) is 0 Å². The Labute approximate surface area is 178 Å². The maximum absolute atomic E-state index is 13.2. The number of hydrogen-bond acceptors (Lipinski definition) is 5. The van der Waals surface area contributed by atoms with Gasteiger partial charge in [0.1, 0.15) is 11.6 Å². The van der Waals surface area contributed by atoms with Gasteiger partial charge >= 0.3 is 0 Å². The van der Waals surface area contributed by atoms with Crippen LogP contribution in [0.25, 0.3) is 11.3 Å². The van der Waals surface area contributed by atoms with Crippen molar-refractivity contribution in [3.05, 3.63) is 65.1 Å². The average Bonchev–Trinajstić information content (AvgIpc) is 3.15. The molecule has 0 spiro atoms. The predicted molar refractivity (Wildman–Crippen MR) is 112 cm³/mol. The van der Waals surface area contributed by atoms with Crippen LogP contribution in [0.4, 0.5) is 4.39 Å². The molecule has 2 N–H and O–H groups in total. The van der Waals surface area contributed by atoms with Crippen molar-refractivity contribution in [3.63, 3.8) is 0 Å². The first-order valence-corrected chi connectivity index (χ1v) is 10.1. The number of carbonyl (C=O) groups is 2. The summed E-state index contributed by atoms with van der Waals surface area (Å²) in [4.78, 5) is 34.9. The lowest BCUT2D eigenvalue weighted by Crippen LogP contribution is -2.38. The van der Waals surface area contributed by atoms with E-state index in [1.54, 1.807) is 41.8 Å². The highest BCUT2D eigenvalue weighted by atomic mass is 19.1. The van der Waals surface area contributed by atoms with Gasteiger partial charge < -0.3 is 10.6 Å². The van der Waals surface area contributed by atoms with Gasteiger partial charge in [-0.2, -0.15) is 5.10 Å². The molecule has 0 radical (unpaired) electrons. The molecule has 0 saturated carbocycles. The van der Waals surface area contributed by atoms with Gasteiger partial charge in [-0.15, -0.1) is 0 Å². The maximum Gasteiger partial charge on any atom is 0.274 e. The minimum absolute atomic E-state index is 0.114. The molecule has 0 unspecified atom stereocenters. The molecule has 0 bridgehead atoms. The van der Waals surface area contributed by atoms with Gasteiger partial charge in [-0.05, 0) is 55.7 Å². The molecular formula is C22H23FN6O2. The van der Waals surface area contributed by atoms with E-state index in [-0.39, 0.29) is 17.6 Å². The highest BCUT2D eigenvalue weighted by Crippen LogP contribution is 2.27. The second-order valence-corrected chi connectivity index (χ2v) is 7.70. The predicted octanol–water partition coefficient (Wildman–Crippen LogP) is 2.44. The zero-order chi connectivity index (χ0) is 22.1. The van der Waals surface area contributed by atoms with Crippen LogP contribution in [0.5, 0.6) is 0 Å². The van der Waals surface area contributed by atoms with Crippen molar-refractivity contribution in [2.75, 3.05) is 13.1 Å². The Morgan fingerprint density at radius 1 is 1.16 bits per heavy atom. The van der Waals surface area contributed by atoms with Gasteiger partial charge in [0, 0.05) is 32.3 Å². The number of aryl methyl sites for hydroxylation is 2. The van der Waals surface area contributed by atoms with Crippen LogP contribution in [0.3, 0.4) is 0 Å². The highest BCUT2D eigenvalue weighted by molar-refractivity contribution is 5.94. The molecule has 1 aliphatic rings. The standard InChI is InChI=1S/C22H23FN6O2/c1-13-17(20(24)30)12-25-21(26-13)15-7-9-29(10-8-15)22(31)18-11-19(28(2)27-18)14-3-5-16(23)6-4-14/h3-6,11-12,15H,7-10H2,1-2H3,(H2,24,30). The number of piperidine rings is 1. The van der Waals surface area contributed by atoms with Crippen molar-refractivity contribution in [2.45, 2.75) is 25.7 Å². The van der Waals surface area contributed by atoms with Crippen molar-refractivity contribution < 1.29 is 14.0 Å². The van der Waals surface area contributed by atoms with Crippen LogP contribution in [0.1, 0.15) is 51.1 Å². The van der Waals surface area contributed by atoms with E-state index in [1.165, 1.54) is 18.3 Å². The summed E-state index contributed by atoms with van der Waals surface area (Å²) in [6.45, 7) is 2.86. The number of nitrogens with zero attached hydrogens (tertiary/aromatic N) is 5. The van der Waals surface area contributed by atoms with Gasteiger partial charge in [0.05, 0.1) is 17.0 Å². The molecule has 160 valence electrons. The van der Waals surface area contributed by atoms with Crippen LogP contribution in [0.15, 0.2) is 36.5 Å². The third-order valence-corrected chi connectivity index (χ3v) is 5.65. The van der Waals surface area contributed by atoms with E-state index >= 15 is 0 Å². The summed E-state index contributed by atoms with van der Waals surface area (Å²) < 4.78 is 14.8. The zero-order valence-electron chi connectivity index (χ0n) is 17.4. The molecule has 3 heterocycles. The molecule has 31 heavy (non-hydrogen) atoms. The van der Waals surface area contributed by atoms with E-state index in [9.17, 15) is 14.0 Å². The molecule has 1 saturated heterocycles. The fourth-order valence-electron chi connectivity index (χ4n) is 3.89. The van der Waals surface area contributed by atoms with Crippen molar-refractivity contribution in [3.8, 4) is 11.3 Å². The molecule has 0 aliphatic carbocycles. The zero-order valence-corrected chi connectivity index (χ0v) is 17.4. The normalized spacial score (nSPS) is 14.6. The third kappa shape index (κ3) is 4.16. The molecule has 8 nitrogen and oxygen atoms in total. The fraction of sp³-hybridized carbons (Fsp3) is 0.318. The average molecular weight is 422 g/mol. The van der Waals surface area contributed by atoms with Crippen LogP contribution >= 0.6 is 0 Å². The Hall–Kier alpha value is -3.62. The third-order valence-electron chi connectivity index (χ3n) is 5.65. The van der Waals surface area contributed by atoms with Crippen LogP contribution < -0.4 is 5.73 Å². The molecule has 9 heteroatoms. The molecule has 1 aliphatic heterocycles. The van der Waals surface area contributed by atoms with Crippen LogP contribution in [0.2, 0.25) is 0 Å². The monoisotopic (exact) mass is 422 g/mol. The number of nitrogens with two attached hydrogens (primary N) is 1. The number of halogens is 1. The molecule has 2 aromatic heterocycles. The summed E-state index contributed by atoms with van der Waals surface area (Å²) in [5.74, 6) is -0.203. The fourth-order valence-corrected chi connectivity index (χ4v) is 3.89. The van der Waals surface area contributed by atoms with Gasteiger partial charge in [0.25, 0.3) is 11.8 Å². The van der Waals surface area contributed by atoms with Crippen molar-refractivity contribution in [1.29, 1.82) is 0 Å². The quantitative estimate of drug-likeness (QED) is 0.695. The Kier molecular flexibility index (Phi) is 5.50. The van der Waals surface area contributed by atoms with Crippen molar-refractivity contribution >= 4 is 11.8 Å². The number of primary amides is 1. The molecule has 2 amide bonds. The number of carbonyl (C=O) groups excluding carboxylic acids is 2. The number of rotatable bonds is 4. The lowest BCUT2D eigenvalue weighted by Gasteiger charge is -2.31. The number of likely N-dealkylation sites (tertiary alicyclic amines) is 1. The van der Waals surface area contributed by atoms with E-state index in [4.69, 9.17) is 5.73 Å². The number of hydrogen-bond donors (Lipinski definition) is 1. The minimum atomic E-state index is -0.542. The van der Waals surface area contributed by atoms with Gasteiger partial charge in [-0.3, -0.25) is 14.3 Å². The Bertz CT molecular complexity index is 1130. The summed E-state index contributed by atoms with van der Waals surface area (Å²) in [6.07, 6.45) is 2.92. The second-order valence-electron chi connectivity index (χ2n) is 7.70. The number of amides is 2. The number of aromatic nitrogens is 4. The maximum atomic E-state index is 13.2. The SMILES string of the molecule is Cc1nc(C2CCN(C(=O)c3cc(-c4ccc(F)cc4)n(C)n3)CC2)ncc1C(N)=O. The van der Waals surface area contributed by atoms with Crippen LogP contribution in [-0.4, -0.2) is 49.6 Å². The topological polar surface area (TPSA) is 107 Å². The van der Waals surface area contributed by atoms with Gasteiger partial charge in [-0.1, -0.05) is 0 Å². The summed E-state index contributed by atoms with van der Waals surface area (Å²) >= 11 is 0. The molecule has 4 rings (SSSR count). The first-order valence-electron chi connectivity index (χ1n) is 10.1. The van der Waals surface area contributed by atoms with Crippen molar-refractivity contribution in [2.24, 2.45) is 12.8 Å². The van der Waals surface area contributed by atoms with Gasteiger partial charge in [-0.25, -0.2) is 14.4 Å². The van der Waals surface area contributed by atoms with Crippen molar-refractivity contribution in [1.82, 2.24) is 24.6 Å². The smallest absolute Gasteiger partial charge is 0.274 e. The Morgan fingerprint density at radius 3 is 2.45 bits per heavy atom. The van der Waals surface area contributed by atoms with E-state index in [0.717, 1.165) is 24.1 Å². The van der Waals surface area contributed by atoms with E-state index in [0.29, 0.717) is 35.9 Å². The second kappa shape index (κ2) is 8.25. The lowest BCUT2D eigenvalue weighted by molar-refractivity contribution is 0.0704. The molecular weight excluding hydrogens is 399 g/mol. The first kappa shape index (κ1) is 20.6. The highest BCUT2D eigenvalue weighted by Gasteiger charge is 2.28. The van der Waals surface area contributed by atoms with Crippen LogP contribution in [-0.2, 0) is 7.05 Å². The number of benzene rings is 1. The summed E-state index contributed by atoms with van der Waals surface area (Å²) in [6, 6.07) is 7.83. The largest absolute Gasteiger partial charge is 0.365 e. The van der Waals surface area contributed by atoms with E-state index in [1.807, 2.05) is 0 Å². The molecule has 3 aromatic rings. The molecule has 0 atom stereocenters. The summed E-state index contributed by atoms with van der Waals surface area (Å²) in [5.41, 5.74) is 8.11. The lowest BCUT2D eigenvalue weighted by atomic mass is 9.95. The molecule has 1 fully saturated rings. The minimum Gasteiger partial charge on any atom is -0.365 e. The molecule has 1 aromatic carbocycles.